The number of hydrogen-bond donors (Lipinski definition) is 2. The van der Waals surface area contributed by atoms with Gasteiger partial charge in [-0.25, -0.2) is 0 Å². The summed E-state index contributed by atoms with van der Waals surface area (Å²) in [6.07, 6.45) is 2.59. The Bertz CT molecular complexity index is 302. The molecule has 0 spiro atoms. The third kappa shape index (κ3) is 2.16. The maximum atomic E-state index is 10.3. The molecule has 0 saturated carbocycles. The summed E-state index contributed by atoms with van der Waals surface area (Å²) in [5.41, 5.74) is 0.864. The van der Waals surface area contributed by atoms with Crippen molar-refractivity contribution in [1.82, 2.24) is 5.32 Å². The molecule has 2 heterocycles. The molecule has 78 valence electrons. The third-order valence-electron chi connectivity index (χ3n) is 2.99. The van der Waals surface area contributed by atoms with E-state index in [0.717, 1.165) is 32.4 Å². The molecule has 1 aromatic heterocycles. The second-order valence-electron chi connectivity index (χ2n) is 4.18. The summed E-state index contributed by atoms with van der Waals surface area (Å²) >= 11 is 1.76. The molecule has 0 amide bonds. The van der Waals surface area contributed by atoms with E-state index >= 15 is 0 Å². The number of nitrogens with one attached hydrogen (secondary N) is 1. The van der Waals surface area contributed by atoms with Crippen LogP contribution in [0.15, 0.2) is 11.4 Å². The van der Waals surface area contributed by atoms with Crippen LogP contribution in [-0.4, -0.2) is 23.8 Å². The molecule has 2 rings (SSSR count). The van der Waals surface area contributed by atoms with Crippen molar-refractivity contribution in [3.63, 3.8) is 0 Å². The second-order valence-corrected chi connectivity index (χ2v) is 5.18. The highest BCUT2D eigenvalue weighted by Crippen LogP contribution is 2.27. The zero-order valence-electron chi connectivity index (χ0n) is 8.55. The van der Waals surface area contributed by atoms with Crippen molar-refractivity contribution in [2.24, 2.45) is 0 Å². The number of rotatable bonds is 2. The Labute approximate surface area is 89.0 Å². The Morgan fingerprint density at radius 2 is 2.21 bits per heavy atom. The molecule has 1 saturated heterocycles. The highest BCUT2D eigenvalue weighted by Gasteiger charge is 2.29. The summed E-state index contributed by atoms with van der Waals surface area (Å²) in [5, 5.41) is 15.7. The summed E-state index contributed by atoms with van der Waals surface area (Å²) in [5.74, 6) is 0. The number of hydrogen-bond acceptors (Lipinski definition) is 3. The molecule has 1 fully saturated rings. The molecular weight excluding hydrogens is 194 g/mol. The monoisotopic (exact) mass is 211 g/mol. The predicted molar refractivity (Wildman–Crippen MR) is 59.8 cm³/mol. The molecule has 2 nitrogen and oxygen atoms in total. The SMILES string of the molecule is Cc1ccsc1CC1(O)CCNCC1. The van der Waals surface area contributed by atoms with Crippen molar-refractivity contribution in [2.45, 2.75) is 31.8 Å². The first-order chi connectivity index (χ1) is 6.70. The minimum atomic E-state index is -0.457. The molecule has 2 N–H and O–H groups in total. The van der Waals surface area contributed by atoms with Gasteiger partial charge in [-0.05, 0) is 49.9 Å². The van der Waals surface area contributed by atoms with Gasteiger partial charge in [0.25, 0.3) is 0 Å². The van der Waals surface area contributed by atoms with Crippen LogP contribution in [0.2, 0.25) is 0 Å². The van der Waals surface area contributed by atoms with E-state index in [0.29, 0.717) is 0 Å². The van der Waals surface area contributed by atoms with Crippen LogP contribution in [0.3, 0.4) is 0 Å². The average molecular weight is 211 g/mol. The first kappa shape index (κ1) is 10.1. The summed E-state index contributed by atoms with van der Waals surface area (Å²) < 4.78 is 0. The fraction of sp³-hybridized carbons (Fsp3) is 0.636. The summed E-state index contributed by atoms with van der Waals surface area (Å²) in [6, 6.07) is 2.13. The molecule has 3 heteroatoms. The fourth-order valence-corrected chi connectivity index (χ4v) is 3.00. The summed E-state index contributed by atoms with van der Waals surface area (Å²) in [4.78, 5) is 1.34. The number of thiophene rings is 1. The lowest BCUT2D eigenvalue weighted by Gasteiger charge is -2.32. The molecule has 14 heavy (non-hydrogen) atoms. The maximum absolute atomic E-state index is 10.3. The topological polar surface area (TPSA) is 32.3 Å². The lowest BCUT2D eigenvalue weighted by atomic mass is 9.88. The number of aryl methyl sites for hydroxylation is 1. The van der Waals surface area contributed by atoms with Gasteiger partial charge in [0.15, 0.2) is 0 Å². The first-order valence-electron chi connectivity index (χ1n) is 5.16. The Morgan fingerprint density at radius 3 is 2.79 bits per heavy atom. The molecule has 1 aromatic rings. The van der Waals surface area contributed by atoms with Crippen molar-refractivity contribution in [1.29, 1.82) is 0 Å². The molecule has 1 aliphatic heterocycles. The van der Waals surface area contributed by atoms with Gasteiger partial charge in [0.2, 0.25) is 0 Å². The standard InChI is InChI=1S/C11H17NOS/c1-9-2-7-14-10(9)8-11(13)3-5-12-6-4-11/h2,7,12-13H,3-6,8H2,1H3. The molecule has 0 bridgehead atoms. The minimum absolute atomic E-state index is 0.457. The van der Waals surface area contributed by atoms with Gasteiger partial charge in [0.1, 0.15) is 0 Å². The van der Waals surface area contributed by atoms with E-state index in [1.807, 2.05) is 0 Å². The fourth-order valence-electron chi connectivity index (χ4n) is 1.95. The first-order valence-corrected chi connectivity index (χ1v) is 6.04. The van der Waals surface area contributed by atoms with Gasteiger partial charge in [0, 0.05) is 11.3 Å². The van der Waals surface area contributed by atoms with E-state index in [4.69, 9.17) is 0 Å². The van der Waals surface area contributed by atoms with Crippen molar-refractivity contribution >= 4 is 11.3 Å². The summed E-state index contributed by atoms with van der Waals surface area (Å²) in [7, 11) is 0. The van der Waals surface area contributed by atoms with E-state index in [-0.39, 0.29) is 0 Å². The lowest BCUT2D eigenvalue weighted by Crippen LogP contribution is -2.43. The Morgan fingerprint density at radius 1 is 1.50 bits per heavy atom. The summed E-state index contributed by atoms with van der Waals surface area (Å²) in [6.45, 7) is 4.01. The Hall–Kier alpha value is -0.380. The van der Waals surface area contributed by atoms with Crippen LogP contribution in [0, 0.1) is 6.92 Å². The van der Waals surface area contributed by atoms with Gasteiger partial charge in [-0.3, -0.25) is 0 Å². The van der Waals surface area contributed by atoms with Gasteiger partial charge < -0.3 is 10.4 Å². The van der Waals surface area contributed by atoms with Crippen LogP contribution in [-0.2, 0) is 6.42 Å². The van der Waals surface area contributed by atoms with Crippen molar-refractivity contribution in [2.75, 3.05) is 13.1 Å². The van der Waals surface area contributed by atoms with Crippen LogP contribution >= 0.6 is 11.3 Å². The Balaban J connectivity index is 2.05. The zero-order valence-corrected chi connectivity index (χ0v) is 9.36. The van der Waals surface area contributed by atoms with Gasteiger partial charge in [-0.15, -0.1) is 11.3 Å². The number of piperidine rings is 1. The molecule has 0 unspecified atom stereocenters. The van der Waals surface area contributed by atoms with E-state index < -0.39 is 5.60 Å². The quantitative estimate of drug-likeness (QED) is 0.780. The molecule has 0 radical (unpaired) electrons. The smallest absolute Gasteiger partial charge is 0.0720 e. The van der Waals surface area contributed by atoms with Crippen LogP contribution in [0.5, 0.6) is 0 Å². The zero-order chi connectivity index (χ0) is 10.0. The third-order valence-corrected chi connectivity index (χ3v) is 4.02. The second kappa shape index (κ2) is 4.01. The van der Waals surface area contributed by atoms with E-state index in [9.17, 15) is 5.11 Å². The van der Waals surface area contributed by atoms with Crippen LogP contribution in [0.25, 0.3) is 0 Å². The lowest BCUT2D eigenvalue weighted by molar-refractivity contribution is 0.0115. The number of aliphatic hydroxyl groups is 1. The highest BCUT2D eigenvalue weighted by atomic mass is 32.1. The molecule has 0 aliphatic carbocycles. The van der Waals surface area contributed by atoms with Gasteiger partial charge in [-0.2, -0.15) is 0 Å². The molecule has 0 aromatic carbocycles. The highest BCUT2D eigenvalue weighted by molar-refractivity contribution is 7.10. The normalized spacial score (nSPS) is 21.0. The van der Waals surface area contributed by atoms with Gasteiger partial charge in [-0.1, -0.05) is 0 Å². The minimum Gasteiger partial charge on any atom is -0.389 e. The van der Waals surface area contributed by atoms with Crippen LogP contribution < -0.4 is 5.32 Å². The Kier molecular flexibility index (Phi) is 2.91. The van der Waals surface area contributed by atoms with Crippen molar-refractivity contribution < 1.29 is 5.11 Å². The average Bonchev–Trinajstić information content (AvgIpc) is 2.52. The van der Waals surface area contributed by atoms with Crippen molar-refractivity contribution in [3.8, 4) is 0 Å². The predicted octanol–water partition coefficient (Wildman–Crippen LogP) is 1.71. The van der Waals surface area contributed by atoms with E-state index in [1.165, 1.54) is 10.4 Å². The molecule has 0 atom stereocenters. The molecular formula is C11H17NOS. The van der Waals surface area contributed by atoms with Gasteiger partial charge >= 0.3 is 0 Å². The van der Waals surface area contributed by atoms with Crippen LogP contribution in [0.4, 0.5) is 0 Å². The largest absolute Gasteiger partial charge is 0.389 e. The van der Waals surface area contributed by atoms with Crippen molar-refractivity contribution in [3.05, 3.63) is 21.9 Å². The maximum Gasteiger partial charge on any atom is 0.0720 e. The molecule has 1 aliphatic rings. The van der Waals surface area contributed by atoms with Crippen LogP contribution in [0.1, 0.15) is 23.3 Å². The van der Waals surface area contributed by atoms with E-state index in [1.54, 1.807) is 11.3 Å². The van der Waals surface area contributed by atoms with Gasteiger partial charge in [0.05, 0.1) is 5.60 Å². The van der Waals surface area contributed by atoms with E-state index in [2.05, 4.69) is 23.7 Å².